The second-order valence-electron chi connectivity index (χ2n) is 7.31. The minimum atomic E-state index is -0.650. The van der Waals surface area contributed by atoms with Gasteiger partial charge in [-0.05, 0) is 48.6 Å². The Labute approximate surface area is 173 Å². The van der Waals surface area contributed by atoms with Crippen LogP contribution in [0.3, 0.4) is 0 Å². The van der Waals surface area contributed by atoms with Crippen LogP contribution in [0.5, 0.6) is 5.75 Å². The standard InChI is InChI=1S/C22H23NO5S/c1-13-11-15-12-14(6-7-16(15)28-13)20(24)18-19(17-5-3-10-29-17)23(8-4-9-27-2)22(26)21(18)25/h3,5-7,10,12-13,19,24H,4,8-9,11H2,1-2H3/t13-,19+/m0/s1. The number of methoxy groups -OCH3 is 1. The van der Waals surface area contributed by atoms with Crippen molar-refractivity contribution in [1.29, 1.82) is 0 Å². The molecule has 0 radical (unpaired) electrons. The number of benzene rings is 1. The first-order chi connectivity index (χ1) is 14.0. The molecule has 0 aliphatic carbocycles. The molecular weight excluding hydrogens is 390 g/mol. The number of hydrogen-bond donors (Lipinski definition) is 1. The van der Waals surface area contributed by atoms with Gasteiger partial charge in [-0.3, -0.25) is 9.59 Å². The van der Waals surface area contributed by atoms with Crippen molar-refractivity contribution in [2.75, 3.05) is 20.3 Å². The Morgan fingerprint density at radius 3 is 2.90 bits per heavy atom. The van der Waals surface area contributed by atoms with Crippen molar-refractivity contribution in [3.63, 3.8) is 0 Å². The smallest absolute Gasteiger partial charge is 0.295 e. The fourth-order valence-electron chi connectivity index (χ4n) is 3.96. The molecule has 29 heavy (non-hydrogen) atoms. The molecule has 2 aromatic rings. The summed E-state index contributed by atoms with van der Waals surface area (Å²) in [4.78, 5) is 28.0. The number of ketones is 1. The van der Waals surface area contributed by atoms with E-state index in [1.54, 1.807) is 13.2 Å². The van der Waals surface area contributed by atoms with Crippen LogP contribution in [-0.2, 0) is 20.7 Å². The van der Waals surface area contributed by atoms with Crippen LogP contribution in [-0.4, -0.2) is 48.1 Å². The molecule has 3 heterocycles. The number of amides is 1. The summed E-state index contributed by atoms with van der Waals surface area (Å²) in [5.74, 6) is -0.579. The lowest BCUT2D eigenvalue weighted by molar-refractivity contribution is -0.140. The number of aliphatic hydroxyl groups is 1. The number of ether oxygens (including phenoxy) is 2. The van der Waals surface area contributed by atoms with Crippen molar-refractivity contribution in [2.45, 2.75) is 31.9 Å². The maximum atomic E-state index is 12.9. The lowest BCUT2D eigenvalue weighted by atomic mass is 9.98. The lowest BCUT2D eigenvalue weighted by Gasteiger charge is -2.24. The molecule has 152 valence electrons. The zero-order valence-electron chi connectivity index (χ0n) is 16.4. The highest BCUT2D eigenvalue weighted by atomic mass is 32.1. The van der Waals surface area contributed by atoms with Gasteiger partial charge in [-0.15, -0.1) is 11.3 Å². The molecule has 2 aliphatic rings. The monoisotopic (exact) mass is 413 g/mol. The number of fused-ring (bicyclic) bond motifs is 1. The van der Waals surface area contributed by atoms with Gasteiger partial charge in [-0.25, -0.2) is 0 Å². The van der Waals surface area contributed by atoms with Gasteiger partial charge in [0.15, 0.2) is 0 Å². The highest BCUT2D eigenvalue weighted by Crippen LogP contribution is 2.42. The van der Waals surface area contributed by atoms with Gasteiger partial charge in [0.05, 0.1) is 11.6 Å². The first-order valence-corrected chi connectivity index (χ1v) is 10.5. The van der Waals surface area contributed by atoms with Crippen LogP contribution in [0.25, 0.3) is 5.76 Å². The number of carbonyl (C=O) groups excluding carboxylic acids is 2. The van der Waals surface area contributed by atoms with Gasteiger partial charge in [0.1, 0.15) is 17.6 Å². The Balaban J connectivity index is 1.76. The quantitative estimate of drug-likeness (QED) is 0.339. The van der Waals surface area contributed by atoms with Crippen molar-refractivity contribution in [3.8, 4) is 5.75 Å². The molecule has 6 nitrogen and oxygen atoms in total. The predicted molar refractivity (Wildman–Crippen MR) is 110 cm³/mol. The van der Waals surface area contributed by atoms with Crippen molar-refractivity contribution < 1.29 is 24.2 Å². The molecule has 0 spiro atoms. The van der Waals surface area contributed by atoms with Crippen LogP contribution in [0.15, 0.2) is 41.3 Å². The van der Waals surface area contributed by atoms with E-state index in [0.29, 0.717) is 25.1 Å². The Hall–Kier alpha value is -2.64. The van der Waals surface area contributed by atoms with Gasteiger partial charge < -0.3 is 19.5 Å². The highest BCUT2D eigenvalue weighted by Gasteiger charge is 2.46. The summed E-state index contributed by atoms with van der Waals surface area (Å²) in [5.41, 5.74) is 1.66. The lowest BCUT2D eigenvalue weighted by Crippen LogP contribution is -2.31. The number of carbonyl (C=O) groups is 2. The first-order valence-electron chi connectivity index (χ1n) is 9.62. The third-order valence-electron chi connectivity index (χ3n) is 5.27. The van der Waals surface area contributed by atoms with E-state index in [2.05, 4.69) is 0 Å². The molecular formula is C22H23NO5S. The molecule has 0 saturated carbocycles. The molecule has 0 unspecified atom stereocenters. The van der Waals surface area contributed by atoms with E-state index in [-0.39, 0.29) is 17.4 Å². The number of hydrogen-bond acceptors (Lipinski definition) is 6. The molecule has 2 aliphatic heterocycles. The molecule has 1 fully saturated rings. The molecule has 1 amide bonds. The topological polar surface area (TPSA) is 76.1 Å². The summed E-state index contributed by atoms with van der Waals surface area (Å²) in [6, 6.07) is 8.56. The summed E-state index contributed by atoms with van der Waals surface area (Å²) in [5, 5.41) is 13.0. The predicted octanol–water partition coefficient (Wildman–Crippen LogP) is 3.53. The number of rotatable bonds is 6. The van der Waals surface area contributed by atoms with E-state index in [1.165, 1.54) is 16.2 Å². The summed E-state index contributed by atoms with van der Waals surface area (Å²) < 4.78 is 10.8. The molecule has 0 bridgehead atoms. The van der Waals surface area contributed by atoms with E-state index in [0.717, 1.165) is 22.6 Å². The zero-order valence-corrected chi connectivity index (χ0v) is 17.2. The number of thiophene rings is 1. The maximum absolute atomic E-state index is 12.9. The van der Waals surface area contributed by atoms with Crippen LogP contribution in [0.2, 0.25) is 0 Å². The van der Waals surface area contributed by atoms with Crippen LogP contribution < -0.4 is 4.74 Å². The van der Waals surface area contributed by atoms with Gasteiger partial charge in [0.2, 0.25) is 0 Å². The number of Topliss-reactive ketones (excluding diaryl/α,β-unsaturated/α-hetero) is 1. The fraction of sp³-hybridized carbons (Fsp3) is 0.364. The molecule has 1 aromatic heterocycles. The van der Waals surface area contributed by atoms with Crippen molar-refractivity contribution >= 4 is 28.8 Å². The highest BCUT2D eigenvalue weighted by molar-refractivity contribution is 7.10. The van der Waals surface area contributed by atoms with Crippen LogP contribution in [0.4, 0.5) is 0 Å². The van der Waals surface area contributed by atoms with Crippen molar-refractivity contribution in [3.05, 3.63) is 57.3 Å². The van der Waals surface area contributed by atoms with Crippen molar-refractivity contribution in [2.24, 2.45) is 0 Å². The Morgan fingerprint density at radius 1 is 1.34 bits per heavy atom. The molecule has 1 N–H and O–H groups in total. The Morgan fingerprint density at radius 2 is 2.17 bits per heavy atom. The van der Waals surface area contributed by atoms with Crippen LogP contribution in [0.1, 0.15) is 35.4 Å². The molecule has 1 aromatic carbocycles. The second-order valence-corrected chi connectivity index (χ2v) is 8.29. The van der Waals surface area contributed by atoms with Crippen LogP contribution in [0, 0.1) is 0 Å². The molecule has 7 heteroatoms. The summed E-state index contributed by atoms with van der Waals surface area (Å²) in [7, 11) is 1.60. The molecule has 4 rings (SSSR count). The minimum absolute atomic E-state index is 0.0832. The summed E-state index contributed by atoms with van der Waals surface area (Å²) >= 11 is 1.46. The van der Waals surface area contributed by atoms with E-state index in [1.807, 2.05) is 36.6 Å². The zero-order chi connectivity index (χ0) is 20.5. The third kappa shape index (κ3) is 3.56. The third-order valence-corrected chi connectivity index (χ3v) is 6.19. The first kappa shape index (κ1) is 19.7. The molecule has 2 atom stereocenters. The molecule has 1 saturated heterocycles. The van der Waals surface area contributed by atoms with Gasteiger partial charge in [-0.2, -0.15) is 0 Å². The van der Waals surface area contributed by atoms with Gasteiger partial charge in [-0.1, -0.05) is 6.07 Å². The van der Waals surface area contributed by atoms with Crippen molar-refractivity contribution in [1.82, 2.24) is 4.90 Å². The average molecular weight is 413 g/mol. The van der Waals surface area contributed by atoms with E-state index in [4.69, 9.17) is 9.47 Å². The van der Waals surface area contributed by atoms with Gasteiger partial charge >= 0.3 is 0 Å². The van der Waals surface area contributed by atoms with E-state index >= 15 is 0 Å². The maximum Gasteiger partial charge on any atom is 0.295 e. The van der Waals surface area contributed by atoms with E-state index < -0.39 is 17.7 Å². The average Bonchev–Trinajstić information content (AvgIpc) is 3.41. The number of nitrogens with zero attached hydrogens (tertiary/aromatic N) is 1. The number of likely N-dealkylation sites (tertiary alicyclic amines) is 1. The normalized spacial score (nSPS) is 22.8. The number of aliphatic hydroxyl groups excluding tert-OH is 1. The Kier molecular flexibility index (Phi) is 5.43. The summed E-state index contributed by atoms with van der Waals surface area (Å²) in [6.45, 7) is 2.86. The SMILES string of the molecule is COCCCN1C(=O)C(=O)C(=C(O)c2ccc3c(c2)C[C@H](C)O3)[C@H]1c1cccs1. The van der Waals surface area contributed by atoms with Gasteiger partial charge in [0, 0.05) is 37.1 Å². The fourth-order valence-corrected chi connectivity index (χ4v) is 4.80. The van der Waals surface area contributed by atoms with E-state index in [9.17, 15) is 14.7 Å². The minimum Gasteiger partial charge on any atom is -0.507 e. The second kappa shape index (κ2) is 8.00. The van der Waals surface area contributed by atoms with Crippen LogP contribution >= 0.6 is 11.3 Å². The summed E-state index contributed by atoms with van der Waals surface area (Å²) in [6.07, 6.45) is 1.44. The largest absolute Gasteiger partial charge is 0.507 e. The Bertz CT molecular complexity index is 966. The van der Waals surface area contributed by atoms with Gasteiger partial charge in [0.25, 0.3) is 11.7 Å².